The molecule has 0 radical (unpaired) electrons. The van der Waals surface area contributed by atoms with E-state index >= 15 is 0 Å². The molecule has 0 aliphatic heterocycles. The van der Waals surface area contributed by atoms with Crippen LogP contribution in [-0.2, 0) is 0 Å². The minimum Gasteiger partial charge on any atom is -0.412 e. The van der Waals surface area contributed by atoms with Gasteiger partial charge in [-0.2, -0.15) is 0 Å². The maximum atomic E-state index is 12.7. The standard InChI is InChI=1S/C8H15F.C2H6.CH3F.H2O/c1-7-4-2-3-5-8(9)6-7;2*1-2;/h7-8H,2-6H2,1H3;1-2H3;1H3;1H2. The van der Waals surface area contributed by atoms with Gasteiger partial charge in [-0.15, -0.1) is 0 Å². The molecule has 0 aromatic carbocycles. The van der Waals surface area contributed by atoms with E-state index in [1.165, 1.54) is 12.8 Å². The highest BCUT2D eigenvalue weighted by Gasteiger charge is 2.15. The zero-order valence-electron chi connectivity index (χ0n) is 9.95. The average Bonchev–Trinajstić information content (AvgIpc) is 2.36. The molecule has 1 aliphatic rings. The van der Waals surface area contributed by atoms with Gasteiger partial charge in [-0.3, -0.25) is 4.39 Å². The fourth-order valence-electron chi connectivity index (χ4n) is 1.53. The second-order valence-corrected chi connectivity index (χ2v) is 3.22. The zero-order chi connectivity index (χ0) is 10.7. The Morgan fingerprint density at radius 2 is 1.43 bits per heavy atom. The minimum absolute atomic E-state index is 0. The molecule has 0 aromatic rings. The second kappa shape index (κ2) is 15.3. The van der Waals surface area contributed by atoms with Crippen molar-refractivity contribution in [2.45, 2.75) is 59.0 Å². The first kappa shape index (κ1) is 19.4. The van der Waals surface area contributed by atoms with Gasteiger partial charge in [-0.25, -0.2) is 4.39 Å². The quantitative estimate of drug-likeness (QED) is 0.548. The first-order valence-electron chi connectivity index (χ1n) is 5.31. The minimum atomic E-state index is -0.498. The van der Waals surface area contributed by atoms with Gasteiger partial charge in [0, 0.05) is 0 Å². The summed E-state index contributed by atoms with van der Waals surface area (Å²) < 4.78 is 22.2. The molecule has 0 bridgehead atoms. The van der Waals surface area contributed by atoms with E-state index in [0.29, 0.717) is 13.1 Å². The number of rotatable bonds is 0. The predicted octanol–water partition coefficient (Wildman–Crippen LogP) is 3.71. The fourth-order valence-corrected chi connectivity index (χ4v) is 1.53. The van der Waals surface area contributed by atoms with Crippen molar-refractivity contribution in [3.05, 3.63) is 0 Å². The van der Waals surface area contributed by atoms with Gasteiger partial charge >= 0.3 is 0 Å². The Hall–Kier alpha value is -0.180. The lowest BCUT2D eigenvalue weighted by Gasteiger charge is -2.06. The molecule has 0 heterocycles. The molecule has 2 unspecified atom stereocenters. The zero-order valence-corrected chi connectivity index (χ0v) is 9.95. The summed E-state index contributed by atoms with van der Waals surface area (Å²) >= 11 is 0. The number of hydrogen-bond acceptors (Lipinski definition) is 0. The van der Waals surface area contributed by atoms with Gasteiger partial charge in [0.25, 0.3) is 0 Å². The lowest BCUT2D eigenvalue weighted by Crippen LogP contribution is -2.01. The maximum Gasteiger partial charge on any atom is 0.100 e. The van der Waals surface area contributed by atoms with Crippen molar-refractivity contribution in [3.63, 3.8) is 0 Å². The van der Waals surface area contributed by atoms with Crippen molar-refractivity contribution in [2.24, 2.45) is 5.92 Å². The van der Waals surface area contributed by atoms with Crippen molar-refractivity contribution in [3.8, 4) is 0 Å². The highest BCUT2D eigenvalue weighted by atomic mass is 19.1. The van der Waals surface area contributed by atoms with Gasteiger partial charge in [0.15, 0.2) is 0 Å². The van der Waals surface area contributed by atoms with E-state index in [1.807, 2.05) is 13.8 Å². The third kappa shape index (κ3) is 11.8. The molecule has 2 atom stereocenters. The van der Waals surface area contributed by atoms with E-state index < -0.39 is 6.17 Å². The van der Waals surface area contributed by atoms with Gasteiger partial charge < -0.3 is 5.48 Å². The molecule has 1 aliphatic carbocycles. The third-order valence-electron chi connectivity index (χ3n) is 2.12. The molecule has 0 saturated heterocycles. The van der Waals surface area contributed by atoms with E-state index in [2.05, 4.69) is 6.92 Å². The molecule has 0 amide bonds. The van der Waals surface area contributed by atoms with Crippen LogP contribution in [-0.4, -0.2) is 18.8 Å². The van der Waals surface area contributed by atoms with Crippen molar-refractivity contribution < 1.29 is 14.3 Å². The third-order valence-corrected chi connectivity index (χ3v) is 2.12. The Morgan fingerprint density at radius 3 is 1.93 bits per heavy atom. The van der Waals surface area contributed by atoms with Gasteiger partial charge in [0.2, 0.25) is 0 Å². The smallest absolute Gasteiger partial charge is 0.100 e. The molecule has 0 spiro atoms. The SMILES string of the molecule is CC.CC1CCCCC(F)C1.CF.O. The predicted molar refractivity (Wildman–Crippen MR) is 59.1 cm³/mol. The normalized spacial score (nSPS) is 25.3. The molecule has 1 rings (SSSR count). The maximum absolute atomic E-state index is 12.7. The van der Waals surface area contributed by atoms with E-state index in [4.69, 9.17) is 0 Å². The summed E-state index contributed by atoms with van der Waals surface area (Å²) in [7, 11) is 0.500. The van der Waals surface area contributed by atoms with E-state index in [-0.39, 0.29) is 5.48 Å². The fraction of sp³-hybridized carbons (Fsp3) is 1.00. The first-order chi connectivity index (χ1) is 6.29. The van der Waals surface area contributed by atoms with Gasteiger partial charge in [-0.1, -0.05) is 40.0 Å². The van der Waals surface area contributed by atoms with Crippen LogP contribution in [0.25, 0.3) is 0 Å². The average molecular weight is 212 g/mol. The molecule has 2 N–H and O–H groups in total. The van der Waals surface area contributed by atoms with Crippen LogP contribution >= 0.6 is 0 Å². The molecule has 1 fully saturated rings. The summed E-state index contributed by atoms with van der Waals surface area (Å²) in [5.41, 5.74) is 0. The van der Waals surface area contributed by atoms with Crippen LogP contribution in [0.4, 0.5) is 8.78 Å². The van der Waals surface area contributed by atoms with Crippen LogP contribution in [0.3, 0.4) is 0 Å². The largest absolute Gasteiger partial charge is 0.412 e. The highest BCUT2D eigenvalue weighted by molar-refractivity contribution is 4.66. The van der Waals surface area contributed by atoms with Crippen LogP contribution in [0, 0.1) is 5.92 Å². The number of hydrogen-bond donors (Lipinski definition) is 0. The van der Waals surface area contributed by atoms with Crippen LogP contribution < -0.4 is 0 Å². The van der Waals surface area contributed by atoms with Gasteiger partial charge in [0.1, 0.15) is 6.17 Å². The van der Waals surface area contributed by atoms with E-state index in [9.17, 15) is 8.78 Å². The van der Waals surface area contributed by atoms with Gasteiger partial charge in [0.05, 0.1) is 7.18 Å². The van der Waals surface area contributed by atoms with Crippen molar-refractivity contribution in [1.82, 2.24) is 0 Å². The Kier molecular flexibility index (Phi) is 21.2. The molecule has 3 heteroatoms. The summed E-state index contributed by atoms with van der Waals surface area (Å²) in [5.74, 6) is 0.627. The summed E-state index contributed by atoms with van der Waals surface area (Å²) in [4.78, 5) is 0. The summed E-state index contributed by atoms with van der Waals surface area (Å²) in [6.45, 7) is 6.15. The molecule has 90 valence electrons. The first-order valence-corrected chi connectivity index (χ1v) is 5.31. The highest BCUT2D eigenvalue weighted by Crippen LogP contribution is 2.24. The number of alkyl halides is 2. The Morgan fingerprint density at radius 1 is 1.00 bits per heavy atom. The summed E-state index contributed by atoms with van der Waals surface area (Å²) in [6, 6.07) is 0. The topological polar surface area (TPSA) is 31.5 Å². The van der Waals surface area contributed by atoms with Crippen LogP contribution in [0.15, 0.2) is 0 Å². The van der Waals surface area contributed by atoms with Crippen LogP contribution in [0.5, 0.6) is 0 Å². The lowest BCUT2D eigenvalue weighted by atomic mass is 10.0. The number of halogens is 2. The monoisotopic (exact) mass is 212 g/mol. The molecule has 1 saturated carbocycles. The second-order valence-electron chi connectivity index (χ2n) is 3.22. The molecular weight excluding hydrogens is 186 g/mol. The molecule has 0 aromatic heterocycles. The van der Waals surface area contributed by atoms with E-state index in [1.54, 1.807) is 0 Å². The van der Waals surface area contributed by atoms with Crippen LogP contribution in [0.2, 0.25) is 0 Å². The van der Waals surface area contributed by atoms with Crippen molar-refractivity contribution >= 4 is 0 Å². The Bertz CT molecular complexity index is 79.4. The lowest BCUT2D eigenvalue weighted by molar-refractivity contribution is 0.275. The van der Waals surface area contributed by atoms with E-state index in [0.717, 1.165) is 19.3 Å². The van der Waals surface area contributed by atoms with Crippen molar-refractivity contribution in [2.75, 3.05) is 7.18 Å². The molecule has 14 heavy (non-hydrogen) atoms. The molecular formula is C11H26F2O. The summed E-state index contributed by atoms with van der Waals surface area (Å²) in [6.07, 6.45) is 4.69. The van der Waals surface area contributed by atoms with Gasteiger partial charge in [-0.05, 0) is 18.8 Å². The summed E-state index contributed by atoms with van der Waals surface area (Å²) in [5, 5.41) is 0. The molecule has 1 nitrogen and oxygen atoms in total. The van der Waals surface area contributed by atoms with Crippen molar-refractivity contribution in [1.29, 1.82) is 0 Å². The Labute approximate surface area is 87.2 Å². The van der Waals surface area contributed by atoms with Crippen LogP contribution in [0.1, 0.15) is 52.9 Å². The Balaban J connectivity index is -0.000000216.